The molecule has 0 radical (unpaired) electrons. The lowest BCUT2D eigenvalue weighted by atomic mass is 9.95. The summed E-state index contributed by atoms with van der Waals surface area (Å²) in [5.74, 6) is -1.50. The van der Waals surface area contributed by atoms with Crippen LogP contribution in [-0.2, 0) is 4.74 Å². The van der Waals surface area contributed by atoms with Crippen molar-refractivity contribution < 1.29 is 14.3 Å². The number of ketones is 2. The lowest BCUT2D eigenvalue weighted by Gasteiger charge is -2.17. The van der Waals surface area contributed by atoms with E-state index in [-0.39, 0.29) is 17.0 Å². The van der Waals surface area contributed by atoms with E-state index in [1.54, 1.807) is 30.5 Å². The first-order chi connectivity index (χ1) is 11.2. The highest BCUT2D eigenvalue weighted by Gasteiger charge is 2.34. The monoisotopic (exact) mass is 307 g/mol. The van der Waals surface area contributed by atoms with Crippen molar-refractivity contribution in [3.05, 3.63) is 69.7 Å². The zero-order valence-electron chi connectivity index (χ0n) is 11.9. The molecule has 0 unspecified atom stereocenters. The molecular weight excluding hydrogens is 298 g/mol. The number of allylic oxidation sites excluding steroid dienone is 2. The largest absolute Gasteiger partial charge is 0.492 e. The molecule has 0 aromatic carbocycles. The smallest absolute Gasteiger partial charge is 0.230 e. The third-order valence-corrected chi connectivity index (χ3v) is 3.27. The molecule has 0 fully saturated rings. The molecule has 1 aliphatic rings. The number of hydrogen-bond acceptors (Lipinski definition) is 6. The Morgan fingerprint density at radius 1 is 1.13 bits per heavy atom. The predicted octanol–water partition coefficient (Wildman–Crippen LogP) is 2.69. The Balaban J connectivity index is 2.19. The maximum absolute atomic E-state index is 12.5. The number of rotatable bonds is 3. The van der Waals surface area contributed by atoms with Gasteiger partial charge >= 0.3 is 0 Å². The van der Waals surface area contributed by atoms with Crippen LogP contribution in [0.15, 0.2) is 53.1 Å². The van der Waals surface area contributed by atoms with Gasteiger partial charge in [0.15, 0.2) is 5.76 Å². The van der Waals surface area contributed by atoms with Crippen molar-refractivity contribution in [2.24, 2.45) is 5.11 Å². The summed E-state index contributed by atoms with van der Waals surface area (Å²) in [7, 11) is 1.23. The number of aromatic nitrogens is 2. The van der Waals surface area contributed by atoms with E-state index in [0.717, 1.165) is 0 Å². The van der Waals surface area contributed by atoms with Crippen LogP contribution in [0.25, 0.3) is 21.8 Å². The van der Waals surface area contributed by atoms with Crippen LogP contribution in [0.3, 0.4) is 0 Å². The zero-order valence-corrected chi connectivity index (χ0v) is 11.9. The van der Waals surface area contributed by atoms with Crippen LogP contribution < -0.4 is 0 Å². The molecule has 0 spiro atoms. The van der Waals surface area contributed by atoms with Gasteiger partial charge in [-0.05, 0) is 29.8 Å². The molecule has 0 N–H and O–H groups in total. The van der Waals surface area contributed by atoms with Gasteiger partial charge in [0.25, 0.3) is 0 Å². The molecular formula is C15H9N5O3. The summed E-state index contributed by atoms with van der Waals surface area (Å²) in [4.78, 5) is 35.8. The fourth-order valence-electron chi connectivity index (χ4n) is 2.24. The van der Waals surface area contributed by atoms with Gasteiger partial charge in [0.05, 0.1) is 24.1 Å². The molecule has 3 rings (SSSR count). The van der Waals surface area contributed by atoms with Crippen molar-refractivity contribution in [1.29, 1.82) is 0 Å². The first-order valence-corrected chi connectivity index (χ1v) is 6.52. The molecule has 0 amide bonds. The highest BCUT2D eigenvalue weighted by Crippen LogP contribution is 2.28. The second-order valence-electron chi connectivity index (χ2n) is 4.54. The molecule has 1 aliphatic carbocycles. The lowest BCUT2D eigenvalue weighted by molar-refractivity contribution is 0.0902. The van der Waals surface area contributed by atoms with Gasteiger partial charge in [0.1, 0.15) is 11.4 Å². The summed E-state index contributed by atoms with van der Waals surface area (Å²) in [5, 5.41) is 3.28. The van der Waals surface area contributed by atoms with Gasteiger partial charge in [0.2, 0.25) is 11.6 Å². The van der Waals surface area contributed by atoms with Crippen LogP contribution in [0.2, 0.25) is 0 Å². The summed E-state index contributed by atoms with van der Waals surface area (Å²) in [6, 6.07) is 8.35. The van der Waals surface area contributed by atoms with Gasteiger partial charge in [-0.15, -0.1) is 0 Å². The minimum Gasteiger partial charge on any atom is -0.492 e. The first-order valence-electron chi connectivity index (χ1n) is 6.52. The molecule has 2 aromatic rings. The van der Waals surface area contributed by atoms with Crippen LogP contribution in [0.4, 0.5) is 0 Å². The quantitative estimate of drug-likeness (QED) is 0.490. The molecule has 0 saturated heterocycles. The van der Waals surface area contributed by atoms with Gasteiger partial charge in [0, 0.05) is 11.1 Å². The van der Waals surface area contributed by atoms with E-state index < -0.39 is 17.3 Å². The summed E-state index contributed by atoms with van der Waals surface area (Å²) < 4.78 is 4.92. The lowest BCUT2D eigenvalue weighted by Crippen LogP contribution is -2.23. The average Bonchev–Trinajstić information content (AvgIpc) is 2.60. The van der Waals surface area contributed by atoms with Gasteiger partial charge < -0.3 is 4.74 Å². The molecule has 0 aliphatic heterocycles. The zero-order chi connectivity index (χ0) is 16.4. The summed E-state index contributed by atoms with van der Waals surface area (Å²) in [6.45, 7) is 0. The standard InChI is InChI=1S/C15H9N5O3/c1-23-15-12(19-20-16)14(22)11-8(13(15)21)5-6-10(18-11)9-4-2-3-7-17-9/h2-7H,1H3. The highest BCUT2D eigenvalue weighted by molar-refractivity contribution is 6.25. The third kappa shape index (κ3) is 2.33. The molecule has 112 valence electrons. The Hall–Kier alpha value is -3.51. The van der Waals surface area contributed by atoms with E-state index in [9.17, 15) is 9.59 Å². The van der Waals surface area contributed by atoms with Crippen molar-refractivity contribution in [2.45, 2.75) is 0 Å². The van der Waals surface area contributed by atoms with Gasteiger partial charge in [-0.3, -0.25) is 14.6 Å². The second kappa shape index (κ2) is 5.70. The summed E-state index contributed by atoms with van der Waals surface area (Å²) >= 11 is 0. The number of nitrogens with zero attached hydrogens (tertiary/aromatic N) is 5. The molecule has 23 heavy (non-hydrogen) atoms. The van der Waals surface area contributed by atoms with Crippen LogP contribution in [0.1, 0.15) is 20.8 Å². The van der Waals surface area contributed by atoms with Crippen LogP contribution in [-0.4, -0.2) is 28.6 Å². The Kier molecular flexibility index (Phi) is 3.58. The number of hydrogen-bond donors (Lipinski definition) is 0. The SMILES string of the molecule is COC1=C(N=[N+]=[N-])C(=O)c2nc(-c3ccccn3)ccc2C1=O. The van der Waals surface area contributed by atoms with E-state index in [0.29, 0.717) is 11.4 Å². The number of pyridine rings is 2. The maximum Gasteiger partial charge on any atom is 0.230 e. The van der Waals surface area contributed by atoms with Crippen LogP contribution in [0.5, 0.6) is 0 Å². The molecule has 0 bridgehead atoms. The van der Waals surface area contributed by atoms with E-state index in [1.807, 2.05) is 0 Å². The number of carbonyl (C=O) groups excluding carboxylic acids is 2. The minimum atomic E-state index is -0.660. The molecule has 8 heteroatoms. The molecule has 0 atom stereocenters. The van der Waals surface area contributed by atoms with Crippen molar-refractivity contribution in [1.82, 2.24) is 9.97 Å². The highest BCUT2D eigenvalue weighted by atomic mass is 16.5. The van der Waals surface area contributed by atoms with E-state index in [2.05, 4.69) is 20.0 Å². The van der Waals surface area contributed by atoms with E-state index >= 15 is 0 Å². The normalized spacial score (nSPS) is 13.4. The number of fused-ring (bicyclic) bond motifs is 1. The maximum atomic E-state index is 12.5. The Bertz CT molecular complexity index is 899. The summed E-state index contributed by atoms with van der Waals surface area (Å²) in [5.41, 5.74) is 9.21. The Morgan fingerprint density at radius 2 is 1.96 bits per heavy atom. The van der Waals surface area contributed by atoms with E-state index in [1.165, 1.54) is 13.2 Å². The van der Waals surface area contributed by atoms with Gasteiger partial charge in [-0.1, -0.05) is 11.2 Å². The van der Waals surface area contributed by atoms with E-state index in [4.69, 9.17) is 10.3 Å². The number of ether oxygens (including phenoxy) is 1. The fourth-order valence-corrected chi connectivity index (χ4v) is 2.24. The van der Waals surface area contributed by atoms with Crippen LogP contribution >= 0.6 is 0 Å². The molecule has 0 saturated carbocycles. The Labute approximate surface area is 130 Å². The molecule has 2 aromatic heterocycles. The topological polar surface area (TPSA) is 118 Å². The number of methoxy groups -OCH3 is 1. The van der Waals surface area contributed by atoms with Gasteiger partial charge in [-0.25, -0.2) is 4.98 Å². The first kappa shape index (κ1) is 14.4. The second-order valence-corrected chi connectivity index (χ2v) is 4.54. The number of carbonyl (C=O) groups is 2. The molecule has 2 heterocycles. The van der Waals surface area contributed by atoms with Crippen molar-refractivity contribution in [2.75, 3.05) is 7.11 Å². The van der Waals surface area contributed by atoms with Crippen molar-refractivity contribution >= 4 is 11.6 Å². The minimum absolute atomic E-state index is 0.0821. The van der Waals surface area contributed by atoms with Crippen LogP contribution in [0, 0.1) is 0 Å². The third-order valence-electron chi connectivity index (χ3n) is 3.27. The van der Waals surface area contributed by atoms with Gasteiger partial charge in [-0.2, -0.15) is 0 Å². The Morgan fingerprint density at radius 3 is 2.61 bits per heavy atom. The summed E-state index contributed by atoms with van der Waals surface area (Å²) in [6.07, 6.45) is 1.60. The molecule has 8 nitrogen and oxygen atoms in total. The fraction of sp³-hybridized carbons (Fsp3) is 0.0667. The number of Topliss-reactive ketones (excluding diaryl/α,β-unsaturated/α-hetero) is 2. The van der Waals surface area contributed by atoms with Crippen molar-refractivity contribution in [3.63, 3.8) is 0 Å². The average molecular weight is 307 g/mol. The van der Waals surface area contributed by atoms with Crippen molar-refractivity contribution in [3.8, 4) is 11.4 Å². The predicted molar refractivity (Wildman–Crippen MR) is 79.3 cm³/mol. The number of azide groups is 1.